The Labute approximate surface area is 342 Å². The highest BCUT2D eigenvalue weighted by Gasteiger charge is 2.22. The van der Waals surface area contributed by atoms with Crippen molar-refractivity contribution in [2.45, 2.75) is 200 Å². The lowest BCUT2D eigenvalue weighted by Gasteiger charge is -2.18. The number of unbranched alkanes of at least 4 members (excludes halogenated alkanes) is 18. The number of phosphoric acid groups is 1. The average molecular weight is 805 g/mol. The van der Waals surface area contributed by atoms with Crippen LogP contribution in [0.4, 0.5) is 0 Å². The lowest BCUT2D eigenvalue weighted by molar-refractivity contribution is -0.161. The molecule has 0 spiro atoms. The van der Waals surface area contributed by atoms with Crippen LogP contribution >= 0.6 is 7.82 Å². The third kappa shape index (κ3) is 44.2. The first-order chi connectivity index (χ1) is 27.3. The third-order valence-electron chi connectivity index (χ3n) is 9.25. The standard InChI is InChI=1S/C47H81O8P/c1-3-5-7-9-11-13-15-17-19-21-23-25-27-29-31-33-35-37-39-41-46(48)53-43-45(44-54-56(50,51)52)55-47(49)42-40-38-36-34-32-30-28-26-24-22-20-18-16-14-12-10-8-6-4-2/h6,8,12,14,18,20,24,26,30,32,36,38,45H,3-5,7,9-11,13,15-17,19,21-23,25,27-29,31,33-35,37,39-44H2,1-2H3,(H2,50,51,52)/b8-6-,14-12-,20-18-,26-24-,32-30-,38-36-. The monoisotopic (exact) mass is 805 g/mol. The fraction of sp³-hybridized carbons (Fsp3) is 0.702. The summed E-state index contributed by atoms with van der Waals surface area (Å²) in [4.78, 5) is 42.9. The molecule has 1 atom stereocenters. The summed E-state index contributed by atoms with van der Waals surface area (Å²) in [5, 5.41) is 0. The van der Waals surface area contributed by atoms with Crippen LogP contribution in [0.3, 0.4) is 0 Å². The number of rotatable bonds is 40. The third-order valence-corrected chi connectivity index (χ3v) is 9.74. The maximum absolute atomic E-state index is 12.4. The molecular weight excluding hydrogens is 723 g/mol. The second-order valence-corrected chi connectivity index (χ2v) is 15.9. The normalized spacial score (nSPS) is 13.1. The Hall–Kier alpha value is -2.51. The van der Waals surface area contributed by atoms with Crippen molar-refractivity contribution in [2.24, 2.45) is 0 Å². The Morgan fingerprint density at radius 2 is 0.857 bits per heavy atom. The van der Waals surface area contributed by atoms with Gasteiger partial charge < -0.3 is 19.3 Å². The first-order valence-electron chi connectivity index (χ1n) is 22.2. The zero-order valence-corrected chi connectivity index (χ0v) is 36.4. The Morgan fingerprint density at radius 3 is 1.25 bits per heavy atom. The summed E-state index contributed by atoms with van der Waals surface area (Å²) in [7, 11) is -4.78. The summed E-state index contributed by atoms with van der Waals surface area (Å²) >= 11 is 0. The molecule has 0 radical (unpaired) electrons. The van der Waals surface area contributed by atoms with E-state index in [1.807, 2.05) is 12.2 Å². The first-order valence-corrected chi connectivity index (χ1v) is 23.8. The van der Waals surface area contributed by atoms with Crippen LogP contribution < -0.4 is 0 Å². The Balaban J connectivity index is 4.00. The van der Waals surface area contributed by atoms with E-state index in [1.54, 1.807) is 0 Å². The maximum Gasteiger partial charge on any atom is 0.469 e. The van der Waals surface area contributed by atoms with Crippen molar-refractivity contribution in [3.05, 3.63) is 72.9 Å². The van der Waals surface area contributed by atoms with Crippen LogP contribution in [0.15, 0.2) is 72.9 Å². The van der Waals surface area contributed by atoms with Crippen LogP contribution in [-0.4, -0.2) is 41.0 Å². The number of hydrogen-bond acceptors (Lipinski definition) is 6. The molecule has 0 bridgehead atoms. The lowest BCUT2D eigenvalue weighted by atomic mass is 10.0. The Morgan fingerprint density at radius 1 is 0.482 bits per heavy atom. The highest BCUT2D eigenvalue weighted by atomic mass is 31.2. The average Bonchev–Trinajstić information content (AvgIpc) is 3.17. The molecule has 0 amide bonds. The van der Waals surface area contributed by atoms with E-state index in [2.05, 4.69) is 79.1 Å². The molecule has 56 heavy (non-hydrogen) atoms. The van der Waals surface area contributed by atoms with E-state index in [0.29, 0.717) is 12.8 Å². The maximum atomic E-state index is 12.4. The number of hydrogen-bond donors (Lipinski definition) is 2. The van der Waals surface area contributed by atoms with E-state index in [4.69, 9.17) is 19.3 Å². The lowest BCUT2D eigenvalue weighted by Crippen LogP contribution is -2.29. The van der Waals surface area contributed by atoms with Crippen molar-refractivity contribution in [1.82, 2.24) is 0 Å². The molecule has 0 rings (SSSR count). The van der Waals surface area contributed by atoms with Gasteiger partial charge in [-0.15, -0.1) is 0 Å². The smallest absolute Gasteiger partial charge is 0.462 e. The van der Waals surface area contributed by atoms with Crippen molar-refractivity contribution in [1.29, 1.82) is 0 Å². The quantitative estimate of drug-likeness (QED) is 0.0272. The number of ether oxygens (including phenoxy) is 2. The fourth-order valence-corrected chi connectivity index (χ4v) is 6.35. The minimum Gasteiger partial charge on any atom is -0.462 e. The number of phosphoric ester groups is 1. The molecule has 0 saturated carbocycles. The topological polar surface area (TPSA) is 119 Å². The molecule has 0 aliphatic rings. The second kappa shape index (κ2) is 42.1. The van der Waals surface area contributed by atoms with Gasteiger partial charge in [0.1, 0.15) is 6.61 Å². The molecule has 0 aliphatic carbocycles. The van der Waals surface area contributed by atoms with Crippen LogP contribution in [0, 0.1) is 0 Å². The second-order valence-electron chi connectivity index (χ2n) is 14.6. The number of carbonyl (C=O) groups is 2. The molecule has 1 unspecified atom stereocenters. The van der Waals surface area contributed by atoms with E-state index < -0.39 is 32.5 Å². The fourth-order valence-electron chi connectivity index (χ4n) is 5.99. The van der Waals surface area contributed by atoms with Gasteiger partial charge in [0.25, 0.3) is 0 Å². The van der Waals surface area contributed by atoms with E-state index in [0.717, 1.165) is 51.4 Å². The van der Waals surface area contributed by atoms with Gasteiger partial charge in [0.15, 0.2) is 6.10 Å². The summed E-state index contributed by atoms with van der Waals surface area (Å²) in [5.74, 6) is -0.981. The molecule has 322 valence electrons. The van der Waals surface area contributed by atoms with Crippen molar-refractivity contribution in [3.63, 3.8) is 0 Å². The van der Waals surface area contributed by atoms with E-state index in [9.17, 15) is 14.2 Å². The van der Waals surface area contributed by atoms with Gasteiger partial charge in [-0.25, -0.2) is 4.57 Å². The van der Waals surface area contributed by atoms with E-state index in [1.165, 1.54) is 103 Å². The molecule has 0 saturated heterocycles. The number of esters is 2. The van der Waals surface area contributed by atoms with E-state index in [-0.39, 0.29) is 19.4 Å². The minimum absolute atomic E-state index is 0.0852. The summed E-state index contributed by atoms with van der Waals surface area (Å²) in [6, 6.07) is 0. The number of allylic oxidation sites excluding steroid dienone is 12. The predicted molar refractivity (Wildman–Crippen MR) is 234 cm³/mol. The van der Waals surface area contributed by atoms with Crippen molar-refractivity contribution in [2.75, 3.05) is 13.2 Å². The zero-order valence-electron chi connectivity index (χ0n) is 35.5. The molecule has 0 fully saturated rings. The van der Waals surface area contributed by atoms with Gasteiger partial charge >= 0.3 is 19.8 Å². The molecule has 0 aromatic carbocycles. The minimum atomic E-state index is -4.78. The molecule has 8 nitrogen and oxygen atoms in total. The summed E-state index contributed by atoms with van der Waals surface area (Å²) < 4.78 is 26.4. The van der Waals surface area contributed by atoms with Gasteiger partial charge in [-0.3, -0.25) is 14.1 Å². The molecule has 9 heteroatoms. The van der Waals surface area contributed by atoms with Gasteiger partial charge in [-0.2, -0.15) is 0 Å². The predicted octanol–water partition coefficient (Wildman–Crippen LogP) is 13.9. The van der Waals surface area contributed by atoms with Crippen molar-refractivity contribution < 1.29 is 37.9 Å². The van der Waals surface area contributed by atoms with Crippen LogP contribution in [-0.2, 0) is 28.2 Å². The van der Waals surface area contributed by atoms with Crippen LogP contribution in [0.5, 0.6) is 0 Å². The zero-order chi connectivity index (χ0) is 41.1. The SMILES string of the molecule is CC/C=C\C/C=C\C/C=C\C/C=C\C/C=C\C/C=C\CCC(=O)OC(COC(=O)CCCCCCCCCCCCCCCCCCCCC)COP(=O)(O)O. The molecule has 0 aromatic rings. The Kier molecular flexibility index (Phi) is 40.2. The van der Waals surface area contributed by atoms with Gasteiger partial charge in [0.05, 0.1) is 6.61 Å². The largest absolute Gasteiger partial charge is 0.469 e. The van der Waals surface area contributed by atoms with Crippen LogP contribution in [0.1, 0.15) is 194 Å². The number of carbonyl (C=O) groups excluding carboxylic acids is 2. The molecule has 0 heterocycles. The van der Waals surface area contributed by atoms with Crippen molar-refractivity contribution in [3.8, 4) is 0 Å². The highest BCUT2D eigenvalue weighted by molar-refractivity contribution is 7.46. The van der Waals surface area contributed by atoms with Crippen LogP contribution in [0.2, 0.25) is 0 Å². The summed E-state index contributed by atoms with van der Waals surface area (Å²) in [6.45, 7) is 3.52. The summed E-state index contributed by atoms with van der Waals surface area (Å²) in [5.41, 5.74) is 0. The molecular formula is C47H81O8P. The summed E-state index contributed by atoms with van der Waals surface area (Å²) in [6.07, 6.45) is 55.0. The highest BCUT2D eigenvalue weighted by Crippen LogP contribution is 2.36. The van der Waals surface area contributed by atoms with Crippen molar-refractivity contribution >= 4 is 19.8 Å². The van der Waals surface area contributed by atoms with Gasteiger partial charge in [-0.1, -0.05) is 202 Å². The van der Waals surface area contributed by atoms with Crippen LogP contribution in [0.25, 0.3) is 0 Å². The van der Waals surface area contributed by atoms with E-state index >= 15 is 0 Å². The molecule has 0 aromatic heterocycles. The molecule has 0 aliphatic heterocycles. The molecule has 2 N–H and O–H groups in total. The van der Waals surface area contributed by atoms with Gasteiger partial charge in [0.2, 0.25) is 0 Å². The first kappa shape index (κ1) is 53.5. The van der Waals surface area contributed by atoms with Gasteiger partial charge in [0, 0.05) is 12.8 Å². The van der Waals surface area contributed by atoms with Gasteiger partial charge in [-0.05, 0) is 51.4 Å². The Bertz CT molecular complexity index is 1130.